The number of hydrogen-bond donors (Lipinski definition) is 0. The van der Waals surface area contributed by atoms with Crippen molar-refractivity contribution in [2.24, 2.45) is 0 Å². The number of carbonyl (C=O) groups excluding carboxylic acids is 2. The molecule has 156 valence electrons. The summed E-state index contributed by atoms with van der Waals surface area (Å²) in [6, 6.07) is 11.5. The first-order valence-electron chi connectivity index (χ1n) is 9.44. The van der Waals surface area contributed by atoms with E-state index in [-0.39, 0.29) is 11.5 Å². The van der Waals surface area contributed by atoms with Crippen LogP contribution in [0.2, 0.25) is 0 Å². The molecule has 0 N–H and O–H groups in total. The lowest BCUT2D eigenvalue weighted by atomic mass is 10.1. The van der Waals surface area contributed by atoms with E-state index in [2.05, 4.69) is 4.98 Å². The molecule has 0 bridgehead atoms. The van der Waals surface area contributed by atoms with E-state index >= 15 is 0 Å². The van der Waals surface area contributed by atoms with Crippen molar-refractivity contribution < 1.29 is 28.5 Å². The van der Waals surface area contributed by atoms with E-state index in [0.29, 0.717) is 39.7 Å². The number of Topliss-reactive ketones (excluding diaryl/α,β-unsaturated/α-hetero) is 1. The highest BCUT2D eigenvalue weighted by molar-refractivity contribution is 6.15. The molecule has 1 aliphatic rings. The van der Waals surface area contributed by atoms with E-state index in [0.717, 1.165) is 5.56 Å². The third-order valence-corrected chi connectivity index (χ3v) is 4.86. The zero-order valence-electron chi connectivity index (χ0n) is 17.2. The summed E-state index contributed by atoms with van der Waals surface area (Å²) in [5.41, 5.74) is 2.07. The van der Waals surface area contributed by atoms with Gasteiger partial charge in [-0.2, -0.15) is 0 Å². The molecule has 0 atom stereocenters. The monoisotopic (exact) mass is 417 g/mol. The Balaban J connectivity index is 1.59. The summed E-state index contributed by atoms with van der Waals surface area (Å²) in [5, 5.41) is 0. The minimum Gasteiger partial charge on any atom is -0.493 e. The second kappa shape index (κ2) is 8.31. The van der Waals surface area contributed by atoms with Crippen LogP contribution in [0.1, 0.15) is 31.8 Å². The number of esters is 1. The number of ketones is 1. The molecule has 4 rings (SSSR count). The number of allylic oxidation sites excluding steroid dienone is 1. The van der Waals surface area contributed by atoms with Crippen LogP contribution in [0.3, 0.4) is 0 Å². The molecule has 0 fully saturated rings. The van der Waals surface area contributed by atoms with Crippen LogP contribution in [-0.2, 0) is 0 Å². The van der Waals surface area contributed by atoms with Crippen LogP contribution in [0, 0.1) is 6.92 Å². The fourth-order valence-corrected chi connectivity index (χ4v) is 3.21. The van der Waals surface area contributed by atoms with Crippen LogP contribution in [0.25, 0.3) is 6.08 Å². The number of carbonyl (C=O) groups is 2. The SMILES string of the molecule is COc1ccc(C(=O)Oc2ccc3c(c2C)O/C(=C\c2ccncc2)C3=O)cc1OC. The van der Waals surface area contributed by atoms with Crippen molar-refractivity contribution in [1.29, 1.82) is 0 Å². The van der Waals surface area contributed by atoms with Crippen LogP contribution in [0.15, 0.2) is 60.6 Å². The van der Waals surface area contributed by atoms with Gasteiger partial charge in [0.2, 0.25) is 5.78 Å². The van der Waals surface area contributed by atoms with Crippen molar-refractivity contribution in [3.05, 3.63) is 82.9 Å². The number of aromatic nitrogens is 1. The molecule has 0 spiro atoms. The summed E-state index contributed by atoms with van der Waals surface area (Å²) in [6.45, 7) is 1.73. The highest BCUT2D eigenvalue weighted by Crippen LogP contribution is 2.39. The Hall–Kier alpha value is -4.13. The van der Waals surface area contributed by atoms with E-state index in [9.17, 15) is 9.59 Å². The van der Waals surface area contributed by atoms with Gasteiger partial charge in [-0.3, -0.25) is 9.78 Å². The molecule has 7 heteroatoms. The highest BCUT2D eigenvalue weighted by atomic mass is 16.5. The van der Waals surface area contributed by atoms with Crippen molar-refractivity contribution >= 4 is 17.8 Å². The van der Waals surface area contributed by atoms with Gasteiger partial charge in [0.1, 0.15) is 11.5 Å². The molecular formula is C24H19NO6. The molecule has 7 nitrogen and oxygen atoms in total. The maximum atomic E-state index is 12.7. The smallest absolute Gasteiger partial charge is 0.343 e. The molecule has 3 aromatic rings. The number of pyridine rings is 1. The number of nitrogens with zero attached hydrogens (tertiary/aromatic N) is 1. The molecule has 0 saturated carbocycles. The van der Waals surface area contributed by atoms with Gasteiger partial charge >= 0.3 is 5.97 Å². The predicted molar refractivity (Wildman–Crippen MR) is 113 cm³/mol. The number of benzene rings is 2. The quantitative estimate of drug-likeness (QED) is 0.349. The third-order valence-electron chi connectivity index (χ3n) is 4.86. The molecule has 0 radical (unpaired) electrons. The van der Waals surface area contributed by atoms with Gasteiger partial charge in [0.15, 0.2) is 17.3 Å². The van der Waals surface area contributed by atoms with E-state index in [1.807, 2.05) is 0 Å². The molecule has 1 aromatic heterocycles. The number of fused-ring (bicyclic) bond motifs is 1. The Morgan fingerprint density at radius 2 is 1.68 bits per heavy atom. The Bertz CT molecular complexity index is 1200. The summed E-state index contributed by atoms with van der Waals surface area (Å²) < 4.78 is 21.8. The van der Waals surface area contributed by atoms with Crippen molar-refractivity contribution in [2.45, 2.75) is 6.92 Å². The van der Waals surface area contributed by atoms with Gasteiger partial charge in [-0.15, -0.1) is 0 Å². The number of hydrogen-bond acceptors (Lipinski definition) is 7. The first kappa shape index (κ1) is 20.2. The Kier molecular flexibility index (Phi) is 5.41. The summed E-state index contributed by atoms with van der Waals surface area (Å²) >= 11 is 0. The van der Waals surface area contributed by atoms with Crippen LogP contribution < -0.4 is 18.9 Å². The molecule has 1 aliphatic heterocycles. The van der Waals surface area contributed by atoms with E-state index < -0.39 is 5.97 Å². The Morgan fingerprint density at radius 1 is 0.968 bits per heavy atom. The highest BCUT2D eigenvalue weighted by Gasteiger charge is 2.30. The number of methoxy groups -OCH3 is 2. The Labute approximate surface area is 178 Å². The molecule has 31 heavy (non-hydrogen) atoms. The lowest BCUT2D eigenvalue weighted by Gasteiger charge is -2.12. The van der Waals surface area contributed by atoms with Gasteiger partial charge in [-0.05, 0) is 61.0 Å². The van der Waals surface area contributed by atoms with Crippen LogP contribution in [0.5, 0.6) is 23.0 Å². The van der Waals surface area contributed by atoms with Gasteiger partial charge in [-0.1, -0.05) is 0 Å². The second-order valence-corrected chi connectivity index (χ2v) is 6.74. The molecule has 0 aliphatic carbocycles. The minimum absolute atomic E-state index is 0.202. The van der Waals surface area contributed by atoms with Crippen molar-refractivity contribution in [1.82, 2.24) is 4.98 Å². The normalized spacial score (nSPS) is 13.5. The second-order valence-electron chi connectivity index (χ2n) is 6.74. The van der Waals surface area contributed by atoms with Crippen LogP contribution >= 0.6 is 0 Å². The van der Waals surface area contributed by atoms with Crippen molar-refractivity contribution in [3.8, 4) is 23.0 Å². The first-order valence-corrected chi connectivity index (χ1v) is 9.44. The average molecular weight is 417 g/mol. The van der Waals surface area contributed by atoms with Gasteiger partial charge < -0.3 is 18.9 Å². The zero-order valence-corrected chi connectivity index (χ0v) is 17.2. The van der Waals surface area contributed by atoms with Crippen molar-refractivity contribution in [2.75, 3.05) is 14.2 Å². The molecule has 0 saturated heterocycles. The summed E-state index contributed by atoms with van der Waals surface area (Å²) in [5.74, 6) is 1.01. The molecular weight excluding hydrogens is 398 g/mol. The fraction of sp³-hybridized carbons (Fsp3) is 0.125. The van der Waals surface area contributed by atoms with Gasteiger partial charge in [0.25, 0.3) is 0 Å². The topological polar surface area (TPSA) is 84.0 Å². The Morgan fingerprint density at radius 3 is 2.39 bits per heavy atom. The maximum absolute atomic E-state index is 12.7. The predicted octanol–water partition coefficient (Wildman–Crippen LogP) is 4.24. The van der Waals surface area contributed by atoms with Crippen molar-refractivity contribution in [3.63, 3.8) is 0 Å². The van der Waals surface area contributed by atoms with E-state index in [1.165, 1.54) is 14.2 Å². The maximum Gasteiger partial charge on any atom is 0.343 e. The molecule has 2 heterocycles. The molecule has 0 unspecified atom stereocenters. The van der Waals surface area contributed by atoms with Gasteiger partial charge in [0, 0.05) is 18.0 Å². The lowest BCUT2D eigenvalue weighted by Crippen LogP contribution is -2.10. The van der Waals surface area contributed by atoms with E-state index in [1.54, 1.807) is 67.9 Å². The summed E-state index contributed by atoms with van der Waals surface area (Å²) in [7, 11) is 3.01. The fourth-order valence-electron chi connectivity index (χ4n) is 3.21. The number of rotatable bonds is 5. The molecule has 2 aromatic carbocycles. The summed E-state index contributed by atoms with van der Waals surface area (Å²) in [4.78, 5) is 29.3. The van der Waals surface area contributed by atoms with Gasteiger partial charge in [0.05, 0.1) is 25.3 Å². The van der Waals surface area contributed by atoms with E-state index in [4.69, 9.17) is 18.9 Å². The zero-order chi connectivity index (χ0) is 22.0. The van der Waals surface area contributed by atoms with Gasteiger partial charge in [-0.25, -0.2) is 4.79 Å². The summed E-state index contributed by atoms with van der Waals surface area (Å²) in [6.07, 6.45) is 4.92. The van der Waals surface area contributed by atoms with Crippen LogP contribution in [-0.4, -0.2) is 31.0 Å². The lowest BCUT2D eigenvalue weighted by molar-refractivity contribution is 0.0732. The third kappa shape index (κ3) is 3.85. The largest absolute Gasteiger partial charge is 0.493 e. The standard InChI is InChI=1S/C24H19NO6/c1-14-18(31-24(27)16-4-6-19(28-2)20(13-16)29-3)7-5-17-22(26)21(30-23(14)17)12-15-8-10-25-11-9-15/h4-13H,1-3H3/b21-12-. The molecule has 0 amide bonds. The minimum atomic E-state index is -0.569. The van der Waals surface area contributed by atoms with Crippen LogP contribution in [0.4, 0.5) is 0 Å². The first-order chi connectivity index (χ1) is 15.0. The number of ether oxygens (including phenoxy) is 4. The average Bonchev–Trinajstić information content (AvgIpc) is 3.11.